The number of rotatable bonds is 6. The Hall–Kier alpha value is -2.86. The van der Waals surface area contributed by atoms with Crippen LogP contribution in [0.3, 0.4) is 0 Å². The monoisotopic (exact) mass is 478 g/mol. The highest BCUT2D eigenvalue weighted by Crippen LogP contribution is 2.46. The molecule has 5 rings (SSSR count). The number of fused-ring (bicyclic) bond motifs is 4. The van der Waals surface area contributed by atoms with Crippen LogP contribution in [0.5, 0.6) is 23.0 Å². The molecule has 0 amide bonds. The van der Waals surface area contributed by atoms with Gasteiger partial charge < -0.3 is 24.3 Å². The van der Waals surface area contributed by atoms with Gasteiger partial charge in [0.15, 0.2) is 23.0 Å². The highest BCUT2D eigenvalue weighted by molar-refractivity contribution is 5.72. The molecule has 35 heavy (non-hydrogen) atoms. The number of piperidine rings is 1. The lowest BCUT2D eigenvalue weighted by Crippen LogP contribution is -2.45. The van der Waals surface area contributed by atoms with E-state index in [4.69, 9.17) is 18.9 Å². The van der Waals surface area contributed by atoms with E-state index < -0.39 is 0 Å². The quantitative estimate of drug-likeness (QED) is 0.640. The van der Waals surface area contributed by atoms with Gasteiger partial charge in [-0.1, -0.05) is 19.4 Å². The van der Waals surface area contributed by atoms with Crippen LogP contribution in [0, 0.1) is 11.8 Å². The first kappa shape index (κ1) is 23.9. The molecule has 0 spiro atoms. The Labute approximate surface area is 209 Å². The molecule has 1 fully saturated rings. The predicted octanol–water partition coefficient (Wildman–Crippen LogP) is 4.85. The second-order valence-electron chi connectivity index (χ2n) is 9.86. The Morgan fingerprint density at radius 1 is 0.886 bits per heavy atom. The van der Waals surface area contributed by atoms with Gasteiger partial charge in [0.05, 0.1) is 28.4 Å². The van der Waals surface area contributed by atoms with Crippen molar-refractivity contribution in [3.05, 3.63) is 52.6 Å². The summed E-state index contributed by atoms with van der Waals surface area (Å²) in [5.74, 6) is 4.35. The summed E-state index contributed by atoms with van der Waals surface area (Å²) in [5.41, 5.74) is 6.57. The maximum absolute atomic E-state index is 5.66. The van der Waals surface area contributed by atoms with Crippen LogP contribution >= 0.6 is 0 Å². The first-order valence-electron chi connectivity index (χ1n) is 12.8. The molecule has 3 aliphatic heterocycles. The largest absolute Gasteiger partial charge is 0.493 e. The van der Waals surface area contributed by atoms with E-state index in [0.717, 1.165) is 61.9 Å². The van der Waals surface area contributed by atoms with Crippen LogP contribution in [-0.2, 0) is 12.8 Å². The van der Waals surface area contributed by atoms with Crippen LogP contribution in [0.4, 0.5) is 0 Å². The topological polar surface area (TPSA) is 52.2 Å². The fourth-order valence-electron chi connectivity index (χ4n) is 6.27. The van der Waals surface area contributed by atoms with Crippen molar-refractivity contribution in [2.24, 2.45) is 11.8 Å². The summed E-state index contributed by atoms with van der Waals surface area (Å²) in [7, 11) is 6.85. The van der Waals surface area contributed by atoms with Crippen molar-refractivity contribution in [2.45, 2.75) is 38.6 Å². The molecule has 0 aliphatic carbocycles. The third-order valence-corrected chi connectivity index (χ3v) is 8.20. The minimum atomic E-state index is 0.400. The SMILES string of the molecule is CCC1CN2CCc3cc(OC)c(OC)cc3C2CC1C=C1NCCc2cc(OC)c(OC)cc21. The molecule has 188 valence electrons. The van der Waals surface area contributed by atoms with Crippen molar-refractivity contribution in [1.82, 2.24) is 10.2 Å². The van der Waals surface area contributed by atoms with Gasteiger partial charge in [-0.3, -0.25) is 4.90 Å². The van der Waals surface area contributed by atoms with Crippen molar-refractivity contribution >= 4 is 5.70 Å². The van der Waals surface area contributed by atoms with Gasteiger partial charge in [-0.2, -0.15) is 0 Å². The predicted molar refractivity (Wildman–Crippen MR) is 139 cm³/mol. The van der Waals surface area contributed by atoms with Gasteiger partial charge in [0, 0.05) is 36.9 Å². The molecule has 0 bridgehead atoms. The third-order valence-electron chi connectivity index (χ3n) is 8.20. The van der Waals surface area contributed by atoms with E-state index in [1.807, 2.05) is 0 Å². The van der Waals surface area contributed by atoms with E-state index in [1.54, 1.807) is 28.4 Å². The molecule has 2 aromatic carbocycles. The highest BCUT2D eigenvalue weighted by Gasteiger charge is 2.38. The Morgan fingerprint density at radius 3 is 2.23 bits per heavy atom. The van der Waals surface area contributed by atoms with Crippen LogP contribution in [-0.4, -0.2) is 53.0 Å². The van der Waals surface area contributed by atoms with E-state index in [-0.39, 0.29) is 0 Å². The number of hydrogen-bond acceptors (Lipinski definition) is 6. The van der Waals surface area contributed by atoms with E-state index >= 15 is 0 Å². The summed E-state index contributed by atoms with van der Waals surface area (Å²) in [5, 5.41) is 3.70. The van der Waals surface area contributed by atoms with Crippen LogP contribution in [0.25, 0.3) is 5.70 Å². The molecule has 1 saturated heterocycles. The minimum Gasteiger partial charge on any atom is -0.493 e. The van der Waals surface area contributed by atoms with Crippen LogP contribution < -0.4 is 24.3 Å². The molecule has 2 aromatic rings. The Kier molecular flexibility index (Phi) is 6.83. The van der Waals surface area contributed by atoms with Gasteiger partial charge in [0.1, 0.15) is 0 Å². The Balaban J connectivity index is 1.50. The van der Waals surface area contributed by atoms with Crippen molar-refractivity contribution in [2.75, 3.05) is 48.1 Å². The van der Waals surface area contributed by atoms with Crippen molar-refractivity contribution in [3.63, 3.8) is 0 Å². The van der Waals surface area contributed by atoms with Gasteiger partial charge in [-0.05, 0) is 72.1 Å². The first-order valence-corrected chi connectivity index (χ1v) is 12.8. The number of hydrogen-bond donors (Lipinski definition) is 1. The summed E-state index contributed by atoms with van der Waals surface area (Å²) in [6.45, 7) is 5.50. The second-order valence-corrected chi connectivity index (χ2v) is 9.86. The van der Waals surface area contributed by atoms with Gasteiger partial charge >= 0.3 is 0 Å². The summed E-state index contributed by atoms with van der Waals surface area (Å²) >= 11 is 0. The number of allylic oxidation sites excluding steroid dienone is 1. The molecule has 3 heterocycles. The summed E-state index contributed by atoms with van der Waals surface area (Å²) in [6.07, 6.45) is 6.83. The minimum absolute atomic E-state index is 0.400. The lowest BCUT2D eigenvalue weighted by molar-refractivity contribution is 0.0693. The fourth-order valence-corrected chi connectivity index (χ4v) is 6.27. The average Bonchev–Trinajstić information content (AvgIpc) is 2.91. The standard InChI is InChI=1S/C29H38N2O4/c1-6-18-17-31-10-8-20-14-27(33-3)29(35-5)16-23(20)25(31)12-21(18)11-24-22-15-28(34-4)26(32-2)13-19(22)7-9-30-24/h11,13-16,18,21,25,30H,6-10,12,17H2,1-5H3. The molecule has 1 N–H and O–H groups in total. The van der Waals surface area contributed by atoms with Crippen LogP contribution in [0.2, 0.25) is 0 Å². The number of nitrogens with one attached hydrogen (secondary N) is 1. The molecule has 0 aromatic heterocycles. The normalized spacial score (nSPS) is 24.6. The molecular formula is C29H38N2O4. The smallest absolute Gasteiger partial charge is 0.161 e. The van der Waals surface area contributed by atoms with E-state index in [2.05, 4.69) is 47.5 Å². The molecule has 3 atom stereocenters. The zero-order valence-electron chi connectivity index (χ0n) is 21.6. The van der Waals surface area contributed by atoms with E-state index in [9.17, 15) is 0 Å². The zero-order chi connectivity index (χ0) is 24.5. The Bertz CT molecular complexity index is 1110. The Morgan fingerprint density at radius 2 is 1.54 bits per heavy atom. The summed E-state index contributed by atoms with van der Waals surface area (Å²) in [6, 6.07) is 9.07. The highest BCUT2D eigenvalue weighted by atomic mass is 16.5. The number of ether oxygens (including phenoxy) is 4. The summed E-state index contributed by atoms with van der Waals surface area (Å²) in [4.78, 5) is 2.69. The zero-order valence-corrected chi connectivity index (χ0v) is 21.6. The molecule has 6 nitrogen and oxygen atoms in total. The summed E-state index contributed by atoms with van der Waals surface area (Å²) < 4.78 is 22.4. The van der Waals surface area contributed by atoms with Crippen molar-refractivity contribution in [3.8, 4) is 23.0 Å². The maximum atomic E-state index is 5.66. The first-order chi connectivity index (χ1) is 17.1. The van der Waals surface area contributed by atoms with Crippen LogP contribution in [0.1, 0.15) is 48.1 Å². The third kappa shape index (κ3) is 4.33. The molecule has 3 aliphatic rings. The number of nitrogens with zero attached hydrogens (tertiary/aromatic N) is 1. The molecule has 0 saturated carbocycles. The molecule has 3 unspecified atom stereocenters. The fraction of sp³-hybridized carbons (Fsp3) is 0.517. The van der Waals surface area contributed by atoms with Gasteiger partial charge in [0.2, 0.25) is 0 Å². The van der Waals surface area contributed by atoms with Crippen LogP contribution in [0.15, 0.2) is 30.3 Å². The average molecular weight is 479 g/mol. The lowest BCUT2D eigenvalue weighted by atomic mass is 9.75. The van der Waals surface area contributed by atoms with Gasteiger partial charge in [-0.25, -0.2) is 0 Å². The second kappa shape index (κ2) is 10.0. The maximum Gasteiger partial charge on any atom is 0.161 e. The van der Waals surface area contributed by atoms with E-state index in [0.29, 0.717) is 17.9 Å². The lowest BCUT2D eigenvalue weighted by Gasteiger charge is -2.47. The van der Waals surface area contributed by atoms with Gasteiger partial charge in [0.25, 0.3) is 0 Å². The molecular weight excluding hydrogens is 440 g/mol. The van der Waals surface area contributed by atoms with E-state index in [1.165, 1.54) is 34.4 Å². The van der Waals surface area contributed by atoms with Gasteiger partial charge in [-0.15, -0.1) is 0 Å². The number of benzene rings is 2. The number of methoxy groups -OCH3 is 4. The van der Waals surface area contributed by atoms with Crippen molar-refractivity contribution in [1.29, 1.82) is 0 Å². The molecule has 0 radical (unpaired) electrons. The van der Waals surface area contributed by atoms with Crippen molar-refractivity contribution < 1.29 is 18.9 Å². The molecule has 6 heteroatoms.